The molecular weight excluding hydrogens is 344 g/mol. The van der Waals surface area contributed by atoms with Crippen LogP contribution in [0, 0.1) is 0 Å². The van der Waals surface area contributed by atoms with Gasteiger partial charge in [0, 0.05) is 18.7 Å². The zero-order valence-corrected chi connectivity index (χ0v) is 15.2. The van der Waals surface area contributed by atoms with Crippen molar-refractivity contribution >= 4 is 29.0 Å². The highest BCUT2D eigenvalue weighted by atomic mass is 35.5. The first-order valence-electron chi connectivity index (χ1n) is 7.89. The Balaban J connectivity index is 2.11. The second-order valence-corrected chi connectivity index (χ2v) is 5.63. The van der Waals surface area contributed by atoms with E-state index in [-0.39, 0.29) is 5.69 Å². The Bertz CT molecular complexity index is 723. The summed E-state index contributed by atoms with van der Waals surface area (Å²) in [5, 5.41) is 14.2. The largest absolute Gasteiger partial charge is 0.495 e. The molecule has 0 saturated heterocycles. The fourth-order valence-electron chi connectivity index (χ4n) is 2.09. The number of amides is 1. The van der Waals surface area contributed by atoms with Crippen molar-refractivity contribution in [3.8, 4) is 11.5 Å². The Morgan fingerprint density at radius 3 is 2.52 bits per heavy atom. The van der Waals surface area contributed by atoms with E-state index in [4.69, 9.17) is 21.1 Å². The first-order chi connectivity index (χ1) is 12.1. The number of aromatic nitrogens is 2. The van der Waals surface area contributed by atoms with E-state index < -0.39 is 5.91 Å². The van der Waals surface area contributed by atoms with Gasteiger partial charge >= 0.3 is 0 Å². The van der Waals surface area contributed by atoms with E-state index in [1.54, 1.807) is 24.3 Å². The van der Waals surface area contributed by atoms with Crippen molar-refractivity contribution < 1.29 is 14.3 Å². The molecular formula is C17H21ClN4O3. The highest BCUT2D eigenvalue weighted by Gasteiger charge is 2.15. The summed E-state index contributed by atoms with van der Waals surface area (Å²) in [5.41, 5.74) is 0.623. The van der Waals surface area contributed by atoms with E-state index in [9.17, 15) is 4.79 Å². The van der Waals surface area contributed by atoms with E-state index in [0.29, 0.717) is 28.0 Å². The number of anilines is 2. The summed E-state index contributed by atoms with van der Waals surface area (Å²) in [4.78, 5) is 12.4. The molecule has 0 fully saturated rings. The summed E-state index contributed by atoms with van der Waals surface area (Å²) in [6, 6.07) is 6.49. The van der Waals surface area contributed by atoms with Gasteiger partial charge in [0.2, 0.25) is 0 Å². The molecule has 25 heavy (non-hydrogen) atoms. The minimum Gasteiger partial charge on any atom is -0.495 e. The molecule has 0 aliphatic rings. The number of nitrogens with one attached hydrogen (secondary N) is 2. The molecule has 1 amide bonds. The second kappa shape index (κ2) is 9.08. The number of nitrogens with zero attached hydrogens (tertiary/aromatic N) is 2. The molecule has 0 atom stereocenters. The van der Waals surface area contributed by atoms with Crippen LogP contribution in [0.1, 0.15) is 30.3 Å². The predicted molar refractivity (Wildman–Crippen MR) is 97.9 cm³/mol. The lowest BCUT2D eigenvalue weighted by molar-refractivity contribution is 0.102. The van der Waals surface area contributed by atoms with Crippen LogP contribution in [0.15, 0.2) is 24.3 Å². The molecule has 2 N–H and O–H groups in total. The van der Waals surface area contributed by atoms with Gasteiger partial charge in [-0.05, 0) is 18.6 Å². The number of halogens is 1. The smallest absolute Gasteiger partial charge is 0.276 e. The topological polar surface area (TPSA) is 85.4 Å². The van der Waals surface area contributed by atoms with Gasteiger partial charge in [0.05, 0.1) is 24.9 Å². The van der Waals surface area contributed by atoms with Crippen LogP contribution >= 0.6 is 11.6 Å². The zero-order valence-electron chi connectivity index (χ0n) is 14.4. The maximum atomic E-state index is 12.4. The number of carbonyl (C=O) groups excluding carboxylic acids is 1. The summed E-state index contributed by atoms with van der Waals surface area (Å²) in [6.45, 7) is 2.93. The molecule has 1 aromatic carbocycles. The average Bonchev–Trinajstić information content (AvgIpc) is 2.63. The normalized spacial score (nSPS) is 10.2. The van der Waals surface area contributed by atoms with Gasteiger partial charge in [-0.1, -0.05) is 24.9 Å². The summed E-state index contributed by atoms with van der Waals surface area (Å²) in [6.07, 6.45) is 2.13. The van der Waals surface area contributed by atoms with Crippen molar-refractivity contribution in [2.75, 3.05) is 31.4 Å². The van der Waals surface area contributed by atoms with Crippen LogP contribution in [0.4, 0.5) is 11.5 Å². The maximum absolute atomic E-state index is 12.4. The van der Waals surface area contributed by atoms with Crippen molar-refractivity contribution in [3.63, 3.8) is 0 Å². The number of carbonyl (C=O) groups is 1. The molecule has 0 aliphatic carbocycles. The van der Waals surface area contributed by atoms with Gasteiger partial charge in [-0.2, -0.15) is 0 Å². The van der Waals surface area contributed by atoms with Crippen LogP contribution in [0.2, 0.25) is 5.02 Å². The van der Waals surface area contributed by atoms with Gasteiger partial charge in [0.15, 0.2) is 5.69 Å². The summed E-state index contributed by atoms with van der Waals surface area (Å²) >= 11 is 6.06. The number of unbranched alkanes of at least 4 members (excludes halogenated alkanes) is 1. The van der Waals surface area contributed by atoms with Crippen LogP contribution in [0.3, 0.4) is 0 Å². The van der Waals surface area contributed by atoms with Crippen LogP contribution in [0.25, 0.3) is 0 Å². The van der Waals surface area contributed by atoms with Crippen molar-refractivity contribution in [2.24, 2.45) is 0 Å². The van der Waals surface area contributed by atoms with Gasteiger partial charge in [0.25, 0.3) is 5.91 Å². The van der Waals surface area contributed by atoms with Crippen LogP contribution in [0.5, 0.6) is 11.5 Å². The van der Waals surface area contributed by atoms with E-state index >= 15 is 0 Å². The van der Waals surface area contributed by atoms with Gasteiger partial charge in [-0.25, -0.2) is 0 Å². The first-order valence-corrected chi connectivity index (χ1v) is 8.27. The first kappa shape index (κ1) is 18.8. The van der Waals surface area contributed by atoms with E-state index in [0.717, 1.165) is 19.4 Å². The van der Waals surface area contributed by atoms with E-state index in [1.165, 1.54) is 14.2 Å². The Morgan fingerprint density at radius 1 is 1.16 bits per heavy atom. The van der Waals surface area contributed by atoms with Gasteiger partial charge < -0.3 is 20.1 Å². The maximum Gasteiger partial charge on any atom is 0.276 e. The quantitative estimate of drug-likeness (QED) is 0.696. The van der Waals surface area contributed by atoms with Crippen LogP contribution < -0.4 is 20.1 Å². The van der Waals surface area contributed by atoms with Crippen molar-refractivity contribution in [2.45, 2.75) is 19.8 Å². The molecule has 0 bridgehead atoms. The molecule has 2 aromatic rings. The Labute approximate surface area is 151 Å². The molecule has 0 spiro atoms. The Kier molecular flexibility index (Phi) is 6.82. The third-order valence-corrected chi connectivity index (χ3v) is 3.75. The fraction of sp³-hybridized carbons (Fsp3) is 0.353. The highest BCUT2D eigenvalue weighted by molar-refractivity contribution is 6.32. The third kappa shape index (κ3) is 4.96. The Morgan fingerprint density at radius 2 is 1.92 bits per heavy atom. The number of hydrogen-bond acceptors (Lipinski definition) is 6. The van der Waals surface area contributed by atoms with Crippen LogP contribution in [-0.2, 0) is 0 Å². The van der Waals surface area contributed by atoms with Crippen molar-refractivity contribution in [3.05, 3.63) is 35.0 Å². The summed E-state index contributed by atoms with van der Waals surface area (Å²) in [7, 11) is 2.99. The molecule has 0 saturated carbocycles. The number of rotatable bonds is 8. The minimum atomic E-state index is -0.407. The lowest BCUT2D eigenvalue weighted by atomic mass is 10.2. The second-order valence-electron chi connectivity index (χ2n) is 5.23. The molecule has 8 heteroatoms. The lowest BCUT2D eigenvalue weighted by Gasteiger charge is -2.13. The van der Waals surface area contributed by atoms with E-state index in [2.05, 4.69) is 27.8 Å². The van der Waals surface area contributed by atoms with Gasteiger partial charge in [0.1, 0.15) is 17.3 Å². The third-order valence-electron chi connectivity index (χ3n) is 3.46. The molecule has 1 aromatic heterocycles. The lowest BCUT2D eigenvalue weighted by Crippen LogP contribution is -2.15. The number of hydrogen-bond donors (Lipinski definition) is 2. The van der Waals surface area contributed by atoms with Crippen molar-refractivity contribution in [1.82, 2.24) is 10.2 Å². The van der Waals surface area contributed by atoms with E-state index in [1.807, 2.05) is 0 Å². The van der Waals surface area contributed by atoms with Gasteiger partial charge in [-0.3, -0.25) is 4.79 Å². The van der Waals surface area contributed by atoms with Crippen LogP contribution in [-0.4, -0.2) is 36.9 Å². The molecule has 0 aliphatic heterocycles. The fourth-order valence-corrected chi connectivity index (χ4v) is 2.32. The molecule has 134 valence electrons. The highest BCUT2D eigenvalue weighted by Crippen LogP contribution is 2.35. The van der Waals surface area contributed by atoms with Gasteiger partial charge in [-0.15, -0.1) is 10.2 Å². The standard InChI is InChI=1S/C17H21ClN4O3/c1-4-5-8-19-16-7-6-12(21-22-16)17(23)20-13-10-14(24-2)11(18)9-15(13)25-3/h6-7,9-10H,4-5,8H2,1-3H3,(H,19,22)(H,20,23). The monoisotopic (exact) mass is 364 g/mol. The molecule has 0 radical (unpaired) electrons. The minimum absolute atomic E-state index is 0.192. The SMILES string of the molecule is CCCCNc1ccc(C(=O)Nc2cc(OC)c(Cl)cc2OC)nn1. The average molecular weight is 365 g/mol. The number of methoxy groups -OCH3 is 2. The molecule has 0 unspecified atom stereocenters. The van der Waals surface area contributed by atoms with Crippen molar-refractivity contribution in [1.29, 1.82) is 0 Å². The molecule has 2 rings (SSSR count). The number of benzene rings is 1. The Hall–Kier alpha value is -2.54. The summed E-state index contributed by atoms with van der Waals surface area (Å²) in [5.74, 6) is 1.08. The summed E-state index contributed by atoms with van der Waals surface area (Å²) < 4.78 is 10.4. The number of ether oxygens (including phenoxy) is 2. The molecule has 1 heterocycles. The zero-order chi connectivity index (χ0) is 18.2. The molecule has 7 nitrogen and oxygen atoms in total. The predicted octanol–water partition coefficient (Wildman–Crippen LogP) is 3.61.